The van der Waals surface area contributed by atoms with Crippen LogP contribution in [0.4, 0.5) is 11.4 Å². The molecule has 33 heavy (non-hydrogen) atoms. The van der Waals surface area contributed by atoms with Crippen molar-refractivity contribution in [3.8, 4) is 0 Å². The minimum Gasteiger partial charge on any atom is -0.364 e. The fourth-order valence-corrected chi connectivity index (χ4v) is 5.18. The molecule has 3 aliphatic heterocycles. The summed E-state index contributed by atoms with van der Waals surface area (Å²) in [6, 6.07) is 15.8. The molecule has 0 aliphatic carbocycles. The fourth-order valence-electron chi connectivity index (χ4n) is 5.18. The molecule has 0 N–H and O–H groups in total. The van der Waals surface area contributed by atoms with Gasteiger partial charge in [-0.2, -0.15) is 0 Å². The smallest absolute Gasteiger partial charge is 0.260 e. The van der Waals surface area contributed by atoms with E-state index in [9.17, 15) is 9.59 Å². The van der Waals surface area contributed by atoms with Crippen molar-refractivity contribution in [1.29, 1.82) is 0 Å². The van der Waals surface area contributed by atoms with Crippen molar-refractivity contribution < 1.29 is 19.1 Å². The highest BCUT2D eigenvalue weighted by molar-refractivity contribution is 6.05. The monoisotopic (exact) mass is 448 g/mol. The first-order chi connectivity index (χ1) is 16.3. The van der Waals surface area contributed by atoms with E-state index >= 15 is 0 Å². The summed E-state index contributed by atoms with van der Waals surface area (Å²) < 4.78 is 12.1. The highest BCUT2D eigenvalue weighted by atomic mass is 16.5. The Morgan fingerprint density at radius 2 is 1.00 bits per heavy atom. The number of carbonyl (C=O) groups is 2. The minimum atomic E-state index is -0.518. The molecule has 174 valence electrons. The number of ether oxygens (including phenoxy) is 2. The van der Waals surface area contributed by atoms with Crippen LogP contribution in [0.2, 0.25) is 0 Å². The first kappa shape index (κ1) is 22.1. The Labute approximate surface area is 195 Å². The third-order valence-electron chi connectivity index (χ3n) is 6.87. The Morgan fingerprint density at radius 1 is 0.576 bits per heavy atom. The number of hydrogen-bond acceptors (Lipinski definition) is 4. The van der Waals surface area contributed by atoms with Gasteiger partial charge in [0, 0.05) is 37.4 Å². The molecule has 0 spiro atoms. The molecule has 4 bridgehead atoms. The SMILES string of the molecule is O=C1[C@H]2OCCCCCCCCO[C@@H]3C(=O)N(CCCN1c1ccccc12)c1ccccc13. The number of carbonyl (C=O) groups excluding carboxylic acids is 2. The van der Waals surface area contributed by atoms with Crippen molar-refractivity contribution in [2.45, 2.75) is 57.2 Å². The zero-order chi connectivity index (χ0) is 22.6. The Hall–Kier alpha value is -2.70. The van der Waals surface area contributed by atoms with E-state index < -0.39 is 12.2 Å². The molecular formula is C27H32N2O4. The molecule has 1 fully saturated rings. The predicted molar refractivity (Wildman–Crippen MR) is 127 cm³/mol. The molecule has 1 saturated heterocycles. The standard InChI is InChI=1S/C27H32N2O4/c30-26-24-20-12-5-7-14-22(20)28(26)16-11-17-29-23-15-8-6-13-21(23)25(27(29)31)33-19-10-4-2-1-3-9-18-32-24/h5-8,12-15,24-25H,1-4,9-11,16-19H2/t24-,25-/m0/s1. The lowest BCUT2D eigenvalue weighted by Gasteiger charge is -2.22. The maximum absolute atomic E-state index is 13.2. The molecule has 0 unspecified atom stereocenters. The topological polar surface area (TPSA) is 59.1 Å². The molecule has 6 nitrogen and oxygen atoms in total. The lowest BCUT2D eigenvalue weighted by Crippen LogP contribution is -2.35. The summed E-state index contributed by atoms with van der Waals surface area (Å²) >= 11 is 0. The molecular weight excluding hydrogens is 416 g/mol. The molecule has 2 amide bonds. The van der Waals surface area contributed by atoms with Crippen LogP contribution >= 0.6 is 0 Å². The van der Waals surface area contributed by atoms with Crippen molar-refractivity contribution in [2.75, 3.05) is 36.1 Å². The van der Waals surface area contributed by atoms with Gasteiger partial charge in [-0.1, -0.05) is 62.1 Å². The number of hydrogen-bond donors (Lipinski definition) is 0. The van der Waals surface area contributed by atoms with Crippen LogP contribution in [0.5, 0.6) is 0 Å². The highest BCUT2D eigenvalue weighted by Gasteiger charge is 2.39. The minimum absolute atomic E-state index is 0.00322. The van der Waals surface area contributed by atoms with Crippen LogP contribution in [0.25, 0.3) is 0 Å². The van der Waals surface area contributed by atoms with Gasteiger partial charge in [-0.3, -0.25) is 9.59 Å². The van der Waals surface area contributed by atoms with Crippen LogP contribution in [0.3, 0.4) is 0 Å². The van der Waals surface area contributed by atoms with Gasteiger partial charge < -0.3 is 19.3 Å². The zero-order valence-corrected chi connectivity index (χ0v) is 19.1. The summed E-state index contributed by atoms with van der Waals surface area (Å²) in [6.45, 7) is 2.30. The number of fused-ring (bicyclic) bond motifs is 10. The van der Waals surface area contributed by atoms with Gasteiger partial charge in [0.25, 0.3) is 11.8 Å². The van der Waals surface area contributed by atoms with Gasteiger partial charge in [-0.15, -0.1) is 0 Å². The van der Waals surface area contributed by atoms with E-state index in [1.54, 1.807) is 0 Å². The summed E-state index contributed by atoms with van der Waals surface area (Å²) in [5, 5.41) is 0. The Bertz CT molecular complexity index is 928. The zero-order valence-electron chi connectivity index (χ0n) is 19.1. The lowest BCUT2D eigenvalue weighted by molar-refractivity contribution is -0.129. The van der Waals surface area contributed by atoms with E-state index in [0.29, 0.717) is 32.7 Å². The largest absolute Gasteiger partial charge is 0.364 e. The molecule has 2 aromatic rings. The Balaban J connectivity index is 1.36. The average molecular weight is 449 g/mol. The van der Waals surface area contributed by atoms with E-state index in [-0.39, 0.29) is 11.8 Å². The lowest BCUT2D eigenvalue weighted by atomic mass is 10.1. The van der Waals surface area contributed by atoms with E-state index in [1.807, 2.05) is 58.3 Å². The average Bonchev–Trinajstić information content (AvgIpc) is 3.25. The third kappa shape index (κ3) is 4.42. The summed E-state index contributed by atoms with van der Waals surface area (Å²) in [5.74, 6) is 0.00643. The van der Waals surface area contributed by atoms with E-state index in [0.717, 1.165) is 61.0 Å². The number of para-hydroxylation sites is 2. The van der Waals surface area contributed by atoms with Gasteiger partial charge in [0.2, 0.25) is 0 Å². The van der Waals surface area contributed by atoms with E-state index in [2.05, 4.69) is 0 Å². The Kier molecular flexibility index (Phi) is 6.74. The number of amides is 2. The summed E-state index contributed by atoms with van der Waals surface area (Å²) in [7, 11) is 0. The molecule has 3 aliphatic rings. The van der Waals surface area contributed by atoms with Crippen molar-refractivity contribution in [1.82, 2.24) is 0 Å². The number of benzene rings is 2. The maximum Gasteiger partial charge on any atom is 0.260 e. The second kappa shape index (κ2) is 10.1. The van der Waals surface area contributed by atoms with Crippen LogP contribution in [0.15, 0.2) is 48.5 Å². The molecule has 0 saturated carbocycles. The molecule has 0 aromatic heterocycles. The van der Waals surface area contributed by atoms with Gasteiger partial charge in [-0.25, -0.2) is 0 Å². The highest BCUT2D eigenvalue weighted by Crippen LogP contribution is 2.40. The van der Waals surface area contributed by atoms with Crippen molar-refractivity contribution >= 4 is 23.2 Å². The number of rotatable bonds is 0. The Morgan fingerprint density at radius 3 is 1.48 bits per heavy atom. The molecule has 2 atom stereocenters. The van der Waals surface area contributed by atoms with Crippen LogP contribution in [0.1, 0.15) is 68.3 Å². The maximum atomic E-state index is 13.2. The van der Waals surface area contributed by atoms with E-state index in [1.165, 1.54) is 0 Å². The quantitative estimate of drug-likeness (QED) is 0.573. The first-order valence-electron chi connectivity index (χ1n) is 12.3. The number of anilines is 2. The normalized spacial score (nSPS) is 24.6. The summed E-state index contributed by atoms with van der Waals surface area (Å²) in [4.78, 5) is 30.1. The first-order valence-corrected chi connectivity index (χ1v) is 12.3. The van der Waals surface area contributed by atoms with E-state index in [4.69, 9.17) is 9.47 Å². The molecule has 2 aromatic carbocycles. The molecule has 5 rings (SSSR count). The van der Waals surface area contributed by atoms with Crippen LogP contribution in [0, 0.1) is 0 Å². The van der Waals surface area contributed by atoms with Crippen molar-refractivity contribution in [3.63, 3.8) is 0 Å². The van der Waals surface area contributed by atoms with Gasteiger partial charge in [-0.05, 0) is 31.4 Å². The summed E-state index contributed by atoms with van der Waals surface area (Å²) in [5.41, 5.74) is 3.76. The third-order valence-corrected chi connectivity index (χ3v) is 6.87. The molecule has 0 radical (unpaired) electrons. The summed E-state index contributed by atoms with van der Waals surface area (Å²) in [6.07, 6.45) is 6.04. The van der Waals surface area contributed by atoms with Crippen molar-refractivity contribution in [2.24, 2.45) is 0 Å². The van der Waals surface area contributed by atoms with Gasteiger partial charge in [0.1, 0.15) is 0 Å². The van der Waals surface area contributed by atoms with Gasteiger partial charge in [0.05, 0.1) is 11.4 Å². The van der Waals surface area contributed by atoms with Gasteiger partial charge >= 0.3 is 0 Å². The van der Waals surface area contributed by atoms with Gasteiger partial charge in [0.15, 0.2) is 12.2 Å². The van der Waals surface area contributed by atoms with Crippen molar-refractivity contribution in [3.05, 3.63) is 59.7 Å². The number of nitrogens with zero attached hydrogens (tertiary/aromatic N) is 2. The second-order valence-electron chi connectivity index (χ2n) is 9.07. The van der Waals surface area contributed by atoms with Crippen LogP contribution < -0.4 is 9.80 Å². The second-order valence-corrected chi connectivity index (χ2v) is 9.07. The molecule has 6 heteroatoms. The fraction of sp³-hybridized carbons (Fsp3) is 0.481. The molecule has 3 heterocycles. The predicted octanol–water partition coefficient (Wildman–Crippen LogP) is 4.94. The van der Waals surface area contributed by atoms with Crippen LogP contribution in [-0.2, 0) is 19.1 Å². The van der Waals surface area contributed by atoms with Crippen LogP contribution in [-0.4, -0.2) is 38.1 Å².